The zero-order valence-electron chi connectivity index (χ0n) is 11.9. The van der Waals surface area contributed by atoms with Crippen LogP contribution >= 0.6 is 0 Å². The number of rotatable bonds is 4. The van der Waals surface area contributed by atoms with Crippen molar-refractivity contribution >= 4 is 18.1 Å². The Balaban J connectivity index is 2.60. The van der Waals surface area contributed by atoms with Gasteiger partial charge in [0.25, 0.3) is 5.56 Å². The first-order valence-electron chi connectivity index (χ1n) is 6.47. The molecule has 21 heavy (non-hydrogen) atoms. The van der Waals surface area contributed by atoms with Gasteiger partial charge in [0.05, 0.1) is 6.54 Å². The molecular weight excluding hydrogens is 270 g/mol. The highest BCUT2D eigenvalue weighted by molar-refractivity contribution is 5.75. The number of ketones is 1. The van der Waals surface area contributed by atoms with Crippen LogP contribution in [-0.2, 0) is 11.3 Å². The van der Waals surface area contributed by atoms with Crippen molar-refractivity contribution in [2.75, 3.05) is 7.05 Å². The third-order valence-electron chi connectivity index (χ3n) is 2.90. The largest absolute Gasteiger partial charge is 0.508 e. The standard InChI is InChI=1S/C15H17N3O3/c1-10(19)9-18-14(8-16-2)17-13(15(18)21)7-11-3-5-12(20)6-4-11/h3-8,16-17,20H,9H2,1-2H3. The number of hydrogen-bond donors (Lipinski definition) is 3. The molecule has 0 aliphatic heterocycles. The predicted molar refractivity (Wildman–Crippen MR) is 80.2 cm³/mol. The fourth-order valence-corrected chi connectivity index (χ4v) is 1.98. The summed E-state index contributed by atoms with van der Waals surface area (Å²) in [5.74, 6) is 0.0647. The highest BCUT2D eigenvalue weighted by atomic mass is 16.3. The van der Waals surface area contributed by atoms with Gasteiger partial charge in [-0.15, -0.1) is 0 Å². The van der Waals surface area contributed by atoms with E-state index in [1.165, 1.54) is 11.5 Å². The number of nitrogens with one attached hydrogen (secondary N) is 2. The molecule has 6 heteroatoms. The molecule has 0 saturated heterocycles. The van der Waals surface area contributed by atoms with Gasteiger partial charge in [0.15, 0.2) is 0 Å². The molecule has 1 aromatic heterocycles. The molecule has 0 spiro atoms. The summed E-state index contributed by atoms with van der Waals surface area (Å²) in [7, 11) is 1.72. The summed E-state index contributed by atoms with van der Waals surface area (Å²) in [6.45, 7) is 1.46. The van der Waals surface area contributed by atoms with E-state index >= 15 is 0 Å². The van der Waals surface area contributed by atoms with E-state index in [-0.39, 0.29) is 23.6 Å². The first-order valence-corrected chi connectivity index (χ1v) is 6.47. The van der Waals surface area contributed by atoms with Gasteiger partial charge in [-0.3, -0.25) is 14.2 Å². The molecule has 3 N–H and O–H groups in total. The highest BCUT2D eigenvalue weighted by Crippen LogP contribution is 2.09. The van der Waals surface area contributed by atoms with E-state index in [1.54, 1.807) is 43.6 Å². The summed E-state index contributed by atoms with van der Waals surface area (Å²) >= 11 is 0. The second kappa shape index (κ2) is 6.13. The van der Waals surface area contributed by atoms with Gasteiger partial charge in [-0.25, -0.2) is 0 Å². The van der Waals surface area contributed by atoms with E-state index in [0.29, 0.717) is 10.8 Å². The lowest BCUT2D eigenvalue weighted by Gasteiger charge is -1.96. The van der Waals surface area contributed by atoms with E-state index < -0.39 is 0 Å². The van der Waals surface area contributed by atoms with Crippen molar-refractivity contribution in [3.05, 3.63) is 51.0 Å². The normalized spacial score (nSPS) is 12.7. The van der Waals surface area contributed by atoms with E-state index in [1.807, 2.05) is 0 Å². The molecular formula is C15H17N3O3. The van der Waals surface area contributed by atoms with Crippen molar-refractivity contribution in [3.63, 3.8) is 0 Å². The van der Waals surface area contributed by atoms with Gasteiger partial charge in [0, 0.05) is 13.2 Å². The van der Waals surface area contributed by atoms with Crippen molar-refractivity contribution in [2.45, 2.75) is 13.5 Å². The van der Waals surface area contributed by atoms with Crippen molar-refractivity contribution in [1.82, 2.24) is 14.9 Å². The molecule has 1 heterocycles. The molecule has 2 aromatic rings. The monoisotopic (exact) mass is 287 g/mol. The summed E-state index contributed by atoms with van der Waals surface area (Å²) in [6, 6.07) is 6.49. The summed E-state index contributed by atoms with van der Waals surface area (Å²) in [4.78, 5) is 26.6. The molecule has 1 aromatic carbocycles. The molecule has 110 valence electrons. The minimum absolute atomic E-state index is 0.0201. The number of nitrogens with zero attached hydrogens (tertiary/aromatic N) is 1. The van der Waals surface area contributed by atoms with E-state index in [4.69, 9.17) is 0 Å². The average Bonchev–Trinajstić information content (AvgIpc) is 2.70. The Labute approximate surface area is 121 Å². The number of H-pyrrole nitrogens is 1. The maximum absolute atomic E-state index is 12.3. The molecule has 0 aliphatic rings. The van der Waals surface area contributed by atoms with Crippen LogP contribution in [0.15, 0.2) is 29.1 Å². The van der Waals surface area contributed by atoms with Crippen LogP contribution in [0.3, 0.4) is 0 Å². The number of phenolic OH excluding ortho intramolecular Hbond substituents is 1. The summed E-state index contributed by atoms with van der Waals surface area (Å²) in [6.07, 6.45) is 3.30. The lowest BCUT2D eigenvalue weighted by molar-refractivity contribution is -0.117. The van der Waals surface area contributed by atoms with Crippen molar-refractivity contribution < 1.29 is 9.90 Å². The zero-order chi connectivity index (χ0) is 15.4. The van der Waals surface area contributed by atoms with Crippen LogP contribution in [0.5, 0.6) is 5.75 Å². The number of imidazole rings is 1. The number of hydrogen-bond acceptors (Lipinski definition) is 4. The number of benzene rings is 1. The van der Waals surface area contributed by atoms with Gasteiger partial charge in [-0.05, 0) is 30.7 Å². The van der Waals surface area contributed by atoms with Crippen LogP contribution in [0.25, 0.3) is 12.3 Å². The average molecular weight is 287 g/mol. The molecule has 0 radical (unpaired) electrons. The number of aromatic nitrogens is 2. The van der Waals surface area contributed by atoms with E-state index in [2.05, 4.69) is 10.3 Å². The molecule has 0 atom stereocenters. The lowest BCUT2D eigenvalue weighted by atomic mass is 10.2. The maximum atomic E-state index is 12.3. The Morgan fingerprint density at radius 3 is 2.62 bits per heavy atom. The van der Waals surface area contributed by atoms with Crippen LogP contribution in [0, 0.1) is 0 Å². The van der Waals surface area contributed by atoms with Crippen LogP contribution < -0.4 is 21.7 Å². The number of aromatic hydroxyl groups is 1. The zero-order valence-corrected chi connectivity index (χ0v) is 11.9. The Bertz CT molecular complexity index is 813. The minimum atomic E-state index is -0.264. The minimum Gasteiger partial charge on any atom is -0.508 e. The predicted octanol–water partition coefficient (Wildman–Crippen LogP) is -0.743. The second-order valence-corrected chi connectivity index (χ2v) is 4.69. The van der Waals surface area contributed by atoms with E-state index in [9.17, 15) is 14.7 Å². The molecule has 0 unspecified atom stereocenters. The quantitative estimate of drug-likeness (QED) is 0.691. The summed E-state index contributed by atoms with van der Waals surface area (Å²) in [5.41, 5.74) is 1.04. The molecule has 0 saturated carbocycles. The fraction of sp³-hybridized carbons (Fsp3) is 0.200. The van der Waals surface area contributed by atoms with Crippen molar-refractivity contribution in [1.29, 1.82) is 0 Å². The molecule has 0 bridgehead atoms. The van der Waals surface area contributed by atoms with Gasteiger partial charge >= 0.3 is 0 Å². The number of phenols is 1. The number of carbonyl (C=O) groups excluding carboxylic acids is 1. The van der Waals surface area contributed by atoms with Gasteiger partial charge in [0.2, 0.25) is 0 Å². The van der Waals surface area contributed by atoms with Gasteiger partial charge in [0.1, 0.15) is 22.4 Å². The smallest absolute Gasteiger partial charge is 0.276 e. The van der Waals surface area contributed by atoms with Crippen LogP contribution in [-0.4, -0.2) is 27.5 Å². The van der Waals surface area contributed by atoms with Gasteiger partial charge < -0.3 is 15.4 Å². The number of carbonyl (C=O) groups is 1. The first-order chi connectivity index (χ1) is 10.0. The molecule has 0 aliphatic carbocycles. The number of aromatic amines is 1. The Morgan fingerprint density at radius 1 is 1.38 bits per heavy atom. The van der Waals surface area contributed by atoms with Crippen LogP contribution in [0.4, 0.5) is 0 Å². The Morgan fingerprint density at radius 2 is 2.05 bits per heavy atom. The molecule has 6 nitrogen and oxygen atoms in total. The Kier molecular flexibility index (Phi) is 4.27. The Hall–Kier alpha value is -2.76. The molecule has 0 fully saturated rings. The summed E-state index contributed by atoms with van der Waals surface area (Å²) < 4.78 is 1.38. The topological polar surface area (TPSA) is 87.1 Å². The molecule has 2 rings (SSSR count). The third-order valence-corrected chi connectivity index (χ3v) is 2.90. The fourth-order valence-electron chi connectivity index (χ4n) is 1.98. The van der Waals surface area contributed by atoms with Gasteiger partial charge in [-0.1, -0.05) is 12.1 Å². The van der Waals surface area contributed by atoms with Crippen molar-refractivity contribution in [3.8, 4) is 5.75 Å². The highest BCUT2D eigenvalue weighted by Gasteiger charge is 2.05. The van der Waals surface area contributed by atoms with Crippen LogP contribution in [0.2, 0.25) is 0 Å². The van der Waals surface area contributed by atoms with Gasteiger partial charge in [-0.2, -0.15) is 0 Å². The van der Waals surface area contributed by atoms with E-state index in [0.717, 1.165) is 5.56 Å². The maximum Gasteiger partial charge on any atom is 0.276 e. The first kappa shape index (κ1) is 14.6. The van der Waals surface area contributed by atoms with Crippen LogP contribution in [0.1, 0.15) is 12.5 Å². The lowest BCUT2D eigenvalue weighted by Crippen LogP contribution is -2.33. The number of Topliss-reactive ketones (excluding diaryl/α,β-unsaturated/α-hetero) is 1. The van der Waals surface area contributed by atoms with Crippen molar-refractivity contribution in [2.24, 2.45) is 0 Å². The second-order valence-electron chi connectivity index (χ2n) is 4.69. The summed E-state index contributed by atoms with van der Waals surface area (Å²) in [5, 5.41) is 12.5. The molecule has 0 amide bonds. The SMILES string of the molecule is CNC=c1[nH]c(=Cc2ccc(O)cc2)c(=O)n1CC(C)=O. The third kappa shape index (κ3) is 3.42.